The molecule has 15 heavy (non-hydrogen) atoms. The number of carbonyl (C=O) groups is 1. The highest BCUT2D eigenvalue weighted by Crippen LogP contribution is 2.47. The van der Waals surface area contributed by atoms with E-state index in [1.54, 1.807) is 5.01 Å². The van der Waals surface area contributed by atoms with Crippen molar-refractivity contribution in [3.8, 4) is 0 Å². The molecule has 3 rings (SSSR count). The molecule has 2 atom stereocenters. The zero-order valence-electron chi connectivity index (χ0n) is 8.68. The summed E-state index contributed by atoms with van der Waals surface area (Å²) >= 11 is 0. The number of anilines is 1. The summed E-state index contributed by atoms with van der Waals surface area (Å²) in [4.78, 5) is 11.9. The fourth-order valence-corrected chi connectivity index (χ4v) is 2.06. The van der Waals surface area contributed by atoms with Crippen molar-refractivity contribution in [2.24, 2.45) is 0 Å². The highest BCUT2D eigenvalue weighted by molar-refractivity contribution is 6.01. The summed E-state index contributed by atoms with van der Waals surface area (Å²) in [5.74, 6) is 0.0196. The SMILES string of the molecule is CN1N(c2ccccc2)C(=O)C2OC21C. The van der Waals surface area contributed by atoms with Gasteiger partial charge in [-0.3, -0.25) is 4.79 Å². The van der Waals surface area contributed by atoms with Crippen LogP contribution in [0.1, 0.15) is 6.92 Å². The second-order valence-corrected chi connectivity index (χ2v) is 4.06. The number of rotatable bonds is 1. The minimum atomic E-state index is -0.424. The topological polar surface area (TPSA) is 36.1 Å². The smallest absolute Gasteiger partial charge is 0.275 e. The first kappa shape index (κ1) is 8.88. The van der Waals surface area contributed by atoms with Crippen LogP contribution in [0, 0.1) is 0 Å². The summed E-state index contributed by atoms with van der Waals surface area (Å²) in [7, 11) is 1.87. The number of carbonyl (C=O) groups excluding carboxylic acids is 1. The van der Waals surface area contributed by atoms with Gasteiger partial charge in [-0.15, -0.1) is 0 Å². The number of hydrogen-bond acceptors (Lipinski definition) is 3. The lowest BCUT2D eigenvalue weighted by Gasteiger charge is -2.29. The number of likely N-dealkylation sites (N-methyl/N-ethyl adjacent to an activating group) is 1. The van der Waals surface area contributed by atoms with Gasteiger partial charge in [0.15, 0.2) is 11.8 Å². The largest absolute Gasteiger partial charge is 0.338 e. The number of amides is 1. The number of fused-ring (bicyclic) bond motifs is 1. The first-order valence-corrected chi connectivity index (χ1v) is 4.95. The van der Waals surface area contributed by atoms with Crippen LogP contribution in [0.2, 0.25) is 0 Å². The van der Waals surface area contributed by atoms with Gasteiger partial charge in [-0.1, -0.05) is 18.2 Å². The number of epoxide rings is 1. The van der Waals surface area contributed by atoms with E-state index in [1.165, 1.54) is 0 Å². The molecule has 0 aliphatic carbocycles. The maximum Gasteiger partial charge on any atom is 0.275 e. The lowest BCUT2D eigenvalue weighted by Crippen LogP contribution is -2.44. The van der Waals surface area contributed by atoms with Crippen LogP contribution in [0.4, 0.5) is 5.69 Å². The van der Waals surface area contributed by atoms with E-state index >= 15 is 0 Å². The van der Waals surface area contributed by atoms with Crippen LogP contribution < -0.4 is 5.01 Å². The molecule has 0 spiro atoms. The number of benzene rings is 1. The van der Waals surface area contributed by atoms with E-state index in [2.05, 4.69) is 0 Å². The zero-order valence-corrected chi connectivity index (χ0v) is 8.68. The first-order valence-electron chi connectivity index (χ1n) is 4.95. The molecule has 1 aromatic carbocycles. The van der Waals surface area contributed by atoms with Gasteiger partial charge in [0.1, 0.15) is 0 Å². The molecule has 2 fully saturated rings. The molecule has 2 unspecified atom stereocenters. The molecular formula is C11H12N2O2. The molecule has 0 radical (unpaired) electrons. The monoisotopic (exact) mass is 204 g/mol. The van der Waals surface area contributed by atoms with Crippen LogP contribution in [0.15, 0.2) is 30.3 Å². The van der Waals surface area contributed by atoms with Crippen LogP contribution >= 0.6 is 0 Å². The van der Waals surface area contributed by atoms with Crippen molar-refractivity contribution < 1.29 is 9.53 Å². The molecule has 1 aromatic rings. The van der Waals surface area contributed by atoms with Gasteiger partial charge in [0.25, 0.3) is 5.91 Å². The molecule has 0 saturated carbocycles. The summed E-state index contributed by atoms with van der Waals surface area (Å²) in [6, 6.07) is 9.61. The highest BCUT2D eigenvalue weighted by atomic mass is 16.7. The Kier molecular flexibility index (Phi) is 1.53. The van der Waals surface area contributed by atoms with Crippen molar-refractivity contribution in [2.45, 2.75) is 18.8 Å². The Morgan fingerprint density at radius 1 is 1.33 bits per heavy atom. The van der Waals surface area contributed by atoms with Gasteiger partial charge in [0.05, 0.1) is 5.69 Å². The highest BCUT2D eigenvalue weighted by Gasteiger charge is 2.69. The molecule has 2 aliphatic heterocycles. The predicted molar refractivity (Wildman–Crippen MR) is 55.0 cm³/mol. The summed E-state index contributed by atoms with van der Waals surface area (Å²) in [5, 5.41) is 3.53. The summed E-state index contributed by atoms with van der Waals surface area (Å²) < 4.78 is 5.35. The molecule has 4 heteroatoms. The third kappa shape index (κ3) is 1.00. The predicted octanol–water partition coefficient (Wildman–Crippen LogP) is 0.995. The third-order valence-electron chi connectivity index (χ3n) is 3.16. The molecular weight excluding hydrogens is 192 g/mol. The van der Waals surface area contributed by atoms with Crippen LogP contribution in [0.3, 0.4) is 0 Å². The third-order valence-corrected chi connectivity index (χ3v) is 3.16. The van der Waals surface area contributed by atoms with E-state index in [1.807, 2.05) is 49.3 Å². The zero-order chi connectivity index (χ0) is 10.6. The molecule has 2 saturated heterocycles. The molecule has 2 aliphatic rings. The van der Waals surface area contributed by atoms with E-state index in [9.17, 15) is 4.79 Å². The molecule has 78 valence electrons. The Labute approximate surface area is 88.0 Å². The van der Waals surface area contributed by atoms with Crippen molar-refractivity contribution in [1.29, 1.82) is 0 Å². The minimum Gasteiger partial charge on any atom is -0.338 e. The standard InChI is InChI=1S/C11H12N2O2/c1-11-9(15-11)10(14)13(12(11)2)8-6-4-3-5-7-8/h3-7,9H,1-2H3. The van der Waals surface area contributed by atoms with E-state index in [4.69, 9.17) is 4.74 Å². The van der Waals surface area contributed by atoms with Gasteiger partial charge >= 0.3 is 0 Å². The molecule has 1 amide bonds. The quantitative estimate of drug-likeness (QED) is 0.640. The lowest BCUT2D eigenvalue weighted by molar-refractivity contribution is -0.122. The van der Waals surface area contributed by atoms with Crippen LogP contribution in [-0.2, 0) is 9.53 Å². The molecule has 0 aromatic heterocycles. The number of ether oxygens (including phenoxy) is 1. The average Bonchev–Trinajstić information content (AvgIpc) is 2.89. The maximum atomic E-state index is 11.9. The van der Waals surface area contributed by atoms with Gasteiger partial charge in [-0.05, 0) is 19.1 Å². The molecule has 2 heterocycles. The summed E-state index contributed by atoms with van der Waals surface area (Å²) in [6.07, 6.45) is -0.289. The van der Waals surface area contributed by atoms with Gasteiger partial charge in [0, 0.05) is 7.05 Å². The number of hydrogen-bond donors (Lipinski definition) is 0. The van der Waals surface area contributed by atoms with Gasteiger partial charge in [-0.2, -0.15) is 5.01 Å². The van der Waals surface area contributed by atoms with Crippen molar-refractivity contribution in [3.63, 3.8) is 0 Å². The Morgan fingerprint density at radius 3 is 2.53 bits per heavy atom. The van der Waals surface area contributed by atoms with Crippen molar-refractivity contribution >= 4 is 11.6 Å². The Balaban J connectivity index is 1.99. The Morgan fingerprint density at radius 2 is 2.00 bits per heavy atom. The minimum absolute atomic E-state index is 0.0196. The van der Waals surface area contributed by atoms with E-state index < -0.39 is 5.72 Å². The fraction of sp³-hybridized carbons (Fsp3) is 0.364. The van der Waals surface area contributed by atoms with Crippen molar-refractivity contribution in [2.75, 3.05) is 12.1 Å². The maximum absolute atomic E-state index is 11.9. The molecule has 4 nitrogen and oxygen atoms in total. The second kappa shape index (κ2) is 2.59. The fourth-order valence-electron chi connectivity index (χ4n) is 2.06. The van der Waals surface area contributed by atoms with Crippen LogP contribution in [-0.4, -0.2) is 29.8 Å². The van der Waals surface area contributed by atoms with Gasteiger partial charge in [-0.25, -0.2) is 5.01 Å². The summed E-state index contributed by atoms with van der Waals surface area (Å²) in [5.41, 5.74) is 0.467. The van der Waals surface area contributed by atoms with E-state index in [0.717, 1.165) is 5.69 Å². The normalized spacial score (nSPS) is 34.4. The van der Waals surface area contributed by atoms with E-state index in [0.29, 0.717) is 0 Å². The molecule has 0 N–H and O–H groups in total. The first-order chi connectivity index (χ1) is 7.14. The number of nitrogens with zero attached hydrogens (tertiary/aromatic N) is 2. The lowest BCUT2D eigenvalue weighted by atomic mass is 10.2. The van der Waals surface area contributed by atoms with E-state index in [-0.39, 0.29) is 12.0 Å². The van der Waals surface area contributed by atoms with Crippen LogP contribution in [0.25, 0.3) is 0 Å². The number of para-hydroxylation sites is 1. The number of hydrazine groups is 1. The van der Waals surface area contributed by atoms with Crippen LogP contribution in [0.5, 0.6) is 0 Å². The second-order valence-electron chi connectivity index (χ2n) is 4.06. The van der Waals surface area contributed by atoms with Gasteiger partial charge in [0.2, 0.25) is 0 Å². The van der Waals surface area contributed by atoms with Gasteiger partial charge < -0.3 is 4.74 Å². The Hall–Kier alpha value is -1.39. The average molecular weight is 204 g/mol. The molecule has 0 bridgehead atoms. The Bertz CT molecular complexity index is 420. The van der Waals surface area contributed by atoms with Crippen molar-refractivity contribution in [3.05, 3.63) is 30.3 Å². The summed E-state index contributed by atoms with van der Waals surface area (Å²) in [6.45, 7) is 1.93. The van der Waals surface area contributed by atoms with Crippen molar-refractivity contribution in [1.82, 2.24) is 5.01 Å².